The molecule has 3 aliphatic rings. The fourth-order valence-corrected chi connectivity index (χ4v) is 12.6. The molecule has 0 saturated heterocycles. The quantitative estimate of drug-likeness (QED) is 0.176. The topological polar surface area (TPSA) is 71.9 Å². The Morgan fingerprint density at radius 1 is 0.441 bits per heavy atom. The standard InChI is InChI=1S/C60H34N6OS/c61-35-36-21-27-50-42(31-36)43-32-37(66-52-17-5-7-19-56(52)68-57-20-8-6-18-53(57)66)24-28-51(43)65(50)39-23-26-45-55(34-39)67-54-33-38(64-48-15-3-1-11-40(48)41-12-2-4-16-49(41)64)22-25-44(54)60(45)46-13-9-29-62-58(46)59-47(60)14-10-30-63-59/h1-34H. The second kappa shape index (κ2) is 13.8. The summed E-state index contributed by atoms with van der Waals surface area (Å²) < 4.78 is 12.0. The third kappa shape index (κ3) is 4.92. The Morgan fingerprint density at radius 2 is 0.941 bits per heavy atom. The van der Waals surface area contributed by atoms with Gasteiger partial charge in [0.05, 0.1) is 61.9 Å². The Kier molecular flexibility index (Phi) is 7.58. The molecule has 0 bridgehead atoms. The Labute approximate surface area is 394 Å². The highest BCUT2D eigenvalue weighted by Crippen LogP contribution is 2.62. The minimum Gasteiger partial charge on any atom is -0.457 e. The molecule has 0 radical (unpaired) electrons. The number of nitriles is 1. The molecule has 0 saturated carbocycles. The molecular formula is C60H34N6OS. The number of hydrogen-bond acceptors (Lipinski definition) is 6. The lowest BCUT2D eigenvalue weighted by Crippen LogP contribution is -2.32. The lowest BCUT2D eigenvalue weighted by atomic mass is 9.66. The zero-order valence-corrected chi connectivity index (χ0v) is 36.9. The van der Waals surface area contributed by atoms with Crippen molar-refractivity contribution in [3.05, 3.63) is 234 Å². The molecule has 1 spiro atoms. The maximum atomic E-state index is 10.2. The Hall–Kier alpha value is -8.90. The molecule has 316 valence electrons. The van der Waals surface area contributed by atoms with Crippen LogP contribution in [0.15, 0.2) is 216 Å². The minimum absolute atomic E-state index is 0.610. The Bertz CT molecular complexity index is 4070. The minimum atomic E-state index is -0.759. The van der Waals surface area contributed by atoms with E-state index in [0.29, 0.717) is 5.56 Å². The normalized spacial score (nSPS) is 13.7. The van der Waals surface area contributed by atoms with Crippen LogP contribution in [0.1, 0.15) is 27.8 Å². The van der Waals surface area contributed by atoms with Crippen molar-refractivity contribution < 1.29 is 4.74 Å². The number of aromatic nitrogens is 4. The maximum absolute atomic E-state index is 10.2. The second-order valence-corrected chi connectivity index (χ2v) is 18.7. The van der Waals surface area contributed by atoms with Crippen molar-refractivity contribution >= 4 is 72.4 Å². The first-order chi connectivity index (χ1) is 33.7. The van der Waals surface area contributed by atoms with Gasteiger partial charge in [0, 0.05) is 84.1 Å². The van der Waals surface area contributed by atoms with E-state index < -0.39 is 5.41 Å². The van der Waals surface area contributed by atoms with Crippen LogP contribution in [0.25, 0.3) is 66.4 Å². The second-order valence-electron chi connectivity index (χ2n) is 17.6. The van der Waals surface area contributed by atoms with Crippen LogP contribution in [0.3, 0.4) is 0 Å². The van der Waals surface area contributed by atoms with Gasteiger partial charge in [0.2, 0.25) is 0 Å². The van der Waals surface area contributed by atoms with E-state index in [1.54, 1.807) is 11.8 Å². The third-order valence-electron chi connectivity index (χ3n) is 14.3. The number of fused-ring (bicyclic) bond motifs is 17. The number of hydrogen-bond donors (Lipinski definition) is 0. The Balaban J connectivity index is 0.964. The highest BCUT2D eigenvalue weighted by Gasteiger charge is 2.52. The predicted molar refractivity (Wildman–Crippen MR) is 272 cm³/mol. The van der Waals surface area contributed by atoms with Gasteiger partial charge in [-0.05, 0) is 108 Å². The number of nitrogens with zero attached hydrogens (tertiary/aromatic N) is 6. The van der Waals surface area contributed by atoms with Crippen LogP contribution in [0.5, 0.6) is 11.5 Å². The largest absolute Gasteiger partial charge is 0.457 e. The summed E-state index contributed by atoms with van der Waals surface area (Å²) in [6.45, 7) is 0. The van der Waals surface area contributed by atoms with Gasteiger partial charge >= 0.3 is 0 Å². The maximum Gasteiger partial charge on any atom is 0.134 e. The zero-order valence-electron chi connectivity index (χ0n) is 36.1. The smallest absolute Gasteiger partial charge is 0.134 e. The molecule has 1 aliphatic carbocycles. The van der Waals surface area contributed by atoms with Gasteiger partial charge in [-0.25, -0.2) is 0 Å². The molecule has 8 heteroatoms. The summed E-state index contributed by atoms with van der Waals surface area (Å²) in [5, 5.41) is 14.7. The highest BCUT2D eigenvalue weighted by atomic mass is 32.2. The first kappa shape index (κ1) is 37.3. The predicted octanol–water partition coefficient (Wildman–Crippen LogP) is 14.9. The first-order valence-electron chi connectivity index (χ1n) is 22.7. The number of anilines is 3. The van der Waals surface area contributed by atoms with Crippen LogP contribution in [0.2, 0.25) is 0 Å². The number of para-hydroxylation sites is 4. The van der Waals surface area contributed by atoms with Crippen molar-refractivity contribution in [2.24, 2.45) is 0 Å². The van der Waals surface area contributed by atoms with Crippen LogP contribution in [0, 0.1) is 11.3 Å². The van der Waals surface area contributed by atoms with Gasteiger partial charge in [0.25, 0.3) is 0 Å². The van der Waals surface area contributed by atoms with Crippen LogP contribution in [-0.4, -0.2) is 19.1 Å². The molecule has 12 aromatic rings. The molecule has 0 N–H and O–H groups in total. The number of ether oxygens (including phenoxy) is 1. The molecule has 6 heterocycles. The summed E-state index contributed by atoms with van der Waals surface area (Å²) in [7, 11) is 0. The van der Waals surface area contributed by atoms with E-state index >= 15 is 0 Å². The van der Waals surface area contributed by atoms with Crippen LogP contribution >= 0.6 is 11.8 Å². The molecule has 0 amide bonds. The summed E-state index contributed by atoms with van der Waals surface area (Å²) in [6, 6.07) is 71.3. The van der Waals surface area contributed by atoms with Gasteiger partial charge in [-0.2, -0.15) is 5.26 Å². The fraction of sp³-hybridized carbons (Fsp3) is 0.0167. The van der Waals surface area contributed by atoms with Crippen molar-refractivity contribution in [2.45, 2.75) is 15.2 Å². The summed E-state index contributed by atoms with van der Waals surface area (Å²) in [5.74, 6) is 1.52. The Morgan fingerprint density at radius 3 is 1.53 bits per heavy atom. The number of benzene rings is 8. The lowest BCUT2D eigenvalue weighted by Gasteiger charge is -2.39. The van der Waals surface area contributed by atoms with E-state index in [-0.39, 0.29) is 0 Å². The summed E-state index contributed by atoms with van der Waals surface area (Å²) >= 11 is 1.80. The summed E-state index contributed by atoms with van der Waals surface area (Å²) in [4.78, 5) is 14.7. The number of rotatable bonds is 3. The van der Waals surface area contributed by atoms with Gasteiger partial charge in [-0.15, -0.1) is 0 Å². The molecule has 0 unspecified atom stereocenters. The van der Waals surface area contributed by atoms with Crippen molar-refractivity contribution in [1.82, 2.24) is 19.1 Å². The molecule has 0 fully saturated rings. The molecule has 2 aliphatic heterocycles. The summed E-state index contributed by atoms with van der Waals surface area (Å²) in [6.07, 6.45) is 3.72. The van der Waals surface area contributed by atoms with Crippen LogP contribution in [-0.2, 0) is 5.41 Å². The first-order valence-corrected chi connectivity index (χ1v) is 23.5. The monoisotopic (exact) mass is 886 g/mol. The third-order valence-corrected chi connectivity index (χ3v) is 15.4. The molecule has 7 nitrogen and oxygen atoms in total. The van der Waals surface area contributed by atoms with Gasteiger partial charge in [-0.3, -0.25) is 9.97 Å². The van der Waals surface area contributed by atoms with Crippen molar-refractivity contribution in [1.29, 1.82) is 5.26 Å². The lowest BCUT2D eigenvalue weighted by molar-refractivity contribution is 0.436. The fourth-order valence-electron chi connectivity index (χ4n) is 11.6. The van der Waals surface area contributed by atoms with Gasteiger partial charge in [0.1, 0.15) is 11.5 Å². The molecule has 4 aromatic heterocycles. The van der Waals surface area contributed by atoms with Gasteiger partial charge < -0.3 is 18.8 Å². The van der Waals surface area contributed by atoms with Gasteiger partial charge in [-0.1, -0.05) is 96.7 Å². The van der Waals surface area contributed by atoms with E-state index in [1.807, 2.05) is 36.7 Å². The average Bonchev–Trinajstić information content (AvgIpc) is 4.01. The van der Waals surface area contributed by atoms with Crippen molar-refractivity contribution in [3.8, 4) is 40.3 Å². The van der Waals surface area contributed by atoms with Crippen LogP contribution in [0.4, 0.5) is 17.1 Å². The van der Waals surface area contributed by atoms with Gasteiger partial charge in [0.15, 0.2) is 0 Å². The molecule has 0 atom stereocenters. The highest BCUT2D eigenvalue weighted by molar-refractivity contribution is 7.99. The van der Waals surface area contributed by atoms with E-state index in [1.165, 1.54) is 20.6 Å². The van der Waals surface area contributed by atoms with E-state index in [9.17, 15) is 5.26 Å². The van der Waals surface area contributed by atoms with Crippen LogP contribution < -0.4 is 9.64 Å². The van der Waals surface area contributed by atoms with E-state index in [4.69, 9.17) is 14.7 Å². The molecular weight excluding hydrogens is 853 g/mol. The van der Waals surface area contributed by atoms with E-state index in [0.717, 1.165) is 106 Å². The average molecular weight is 887 g/mol. The van der Waals surface area contributed by atoms with E-state index in [2.05, 4.69) is 190 Å². The summed E-state index contributed by atoms with van der Waals surface area (Å²) in [5.41, 5.74) is 15.4. The number of pyridine rings is 2. The van der Waals surface area contributed by atoms with Crippen molar-refractivity contribution in [3.63, 3.8) is 0 Å². The molecule has 8 aromatic carbocycles. The van der Waals surface area contributed by atoms with Crippen molar-refractivity contribution in [2.75, 3.05) is 4.90 Å². The zero-order chi connectivity index (χ0) is 44.7. The SMILES string of the molecule is N#Cc1ccc2c(c1)c1cc(N3c4ccccc4Sc4ccccc43)ccc1n2-c1ccc2c(c1)Oc1cc(-n3c4ccccc4c4ccccc43)ccc1C21c2cccnc2-c2ncccc21. The molecule has 15 rings (SSSR count). The molecule has 68 heavy (non-hydrogen) atoms.